The second-order valence-corrected chi connectivity index (χ2v) is 5.83. The highest BCUT2D eigenvalue weighted by Gasteiger charge is 2.18. The van der Waals surface area contributed by atoms with Crippen molar-refractivity contribution >= 4 is 0 Å². The van der Waals surface area contributed by atoms with Crippen LogP contribution in [0.3, 0.4) is 0 Å². The van der Waals surface area contributed by atoms with E-state index in [-0.39, 0.29) is 12.4 Å². The van der Waals surface area contributed by atoms with Crippen LogP contribution in [-0.4, -0.2) is 31.7 Å². The van der Waals surface area contributed by atoms with E-state index in [4.69, 9.17) is 0 Å². The number of hydrogen-bond acceptors (Lipinski definition) is 0. The second-order valence-electron chi connectivity index (χ2n) is 5.83. The van der Waals surface area contributed by atoms with E-state index in [2.05, 4.69) is 40.7 Å². The Morgan fingerprint density at radius 1 is 0.941 bits per heavy atom. The molecular formula is C15H32ClN. The summed E-state index contributed by atoms with van der Waals surface area (Å²) in [6.07, 6.45) is 13.2. The molecule has 0 aromatic heterocycles. The maximum atomic E-state index is 3.95. The fourth-order valence-electron chi connectivity index (χ4n) is 2.13. The Kier molecular flexibility index (Phi) is 12.6. The Morgan fingerprint density at radius 3 is 1.82 bits per heavy atom. The Hall–Kier alpha value is -0.0100. The van der Waals surface area contributed by atoms with E-state index in [0.717, 1.165) is 4.48 Å². The average molecular weight is 262 g/mol. The molecule has 0 N–H and O–H groups in total. The van der Waals surface area contributed by atoms with Gasteiger partial charge in [-0.25, -0.2) is 0 Å². The predicted octanol–water partition coefficient (Wildman–Crippen LogP) is 1.39. The van der Waals surface area contributed by atoms with Crippen LogP contribution in [-0.2, 0) is 0 Å². The molecule has 0 rings (SSSR count). The van der Waals surface area contributed by atoms with Gasteiger partial charge >= 0.3 is 0 Å². The van der Waals surface area contributed by atoms with Crippen molar-refractivity contribution in [1.29, 1.82) is 0 Å². The van der Waals surface area contributed by atoms with Crippen LogP contribution in [0.5, 0.6) is 0 Å². The highest BCUT2D eigenvalue weighted by atomic mass is 35.5. The van der Waals surface area contributed by atoms with Crippen molar-refractivity contribution in [1.82, 2.24) is 0 Å². The standard InChI is InChI=1S/C15H32N.ClH/c1-6-8-9-10-11-12-13-14-15(7-2)16(3,4)5;/h7,15H,2,6,8-14H2,1,3-5H3;1H/q+1;/p-1. The van der Waals surface area contributed by atoms with Crippen LogP contribution in [0, 0.1) is 0 Å². The van der Waals surface area contributed by atoms with Crippen molar-refractivity contribution in [2.45, 2.75) is 64.3 Å². The van der Waals surface area contributed by atoms with E-state index in [1.807, 2.05) is 0 Å². The molecule has 0 aromatic carbocycles. The Labute approximate surface area is 115 Å². The van der Waals surface area contributed by atoms with Gasteiger partial charge in [-0.15, -0.1) is 0 Å². The van der Waals surface area contributed by atoms with Crippen LogP contribution in [0.1, 0.15) is 58.3 Å². The largest absolute Gasteiger partial charge is 1.00 e. The third-order valence-corrected chi connectivity index (χ3v) is 3.37. The first-order valence-corrected chi connectivity index (χ1v) is 6.96. The van der Waals surface area contributed by atoms with Crippen LogP contribution < -0.4 is 12.4 Å². The van der Waals surface area contributed by atoms with E-state index in [0.29, 0.717) is 6.04 Å². The maximum absolute atomic E-state index is 3.95. The molecule has 0 bridgehead atoms. The number of hydrogen-bond donors (Lipinski definition) is 0. The van der Waals surface area contributed by atoms with E-state index < -0.39 is 0 Å². The molecule has 0 aliphatic heterocycles. The van der Waals surface area contributed by atoms with Crippen LogP contribution >= 0.6 is 0 Å². The molecule has 0 saturated carbocycles. The molecule has 0 amide bonds. The van der Waals surface area contributed by atoms with Gasteiger partial charge in [0.1, 0.15) is 6.04 Å². The molecule has 0 spiro atoms. The highest BCUT2D eigenvalue weighted by molar-refractivity contribution is 4.79. The molecule has 0 fully saturated rings. The number of unbranched alkanes of at least 4 members (excludes halogenated alkanes) is 6. The minimum Gasteiger partial charge on any atom is -1.00 e. The Balaban J connectivity index is 0. The third kappa shape index (κ3) is 10.8. The van der Waals surface area contributed by atoms with Crippen LogP contribution in [0.4, 0.5) is 0 Å². The molecule has 1 unspecified atom stereocenters. The molecule has 0 saturated heterocycles. The summed E-state index contributed by atoms with van der Waals surface area (Å²) in [4.78, 5) is 0. The monoisotopic (exact) mass is 261 g/mol. The fraction of sp³-hybridized carbons (Fsp3) is 0.867. The Bertz CT molecular complexity index is 172. The normalized spacial score (nSPS) is 12.9. The van der Waals surface area contributed by atoms with Crippen LogP contribution in [0.25, 0.3) is 0 Å². The fourth-order valence-corrected chi connectivity index (χ4v) is 2.13. The van der Waals surface area contributed by atoms with Gasteiger partial charge in [0, 0.05) is 6.42 Å². The van der Waals surface area contributed by atoms with Gasteiger partial charge in [0.25, 0.3) is 0 Å². The molecule has 1 atom stereocenters. The summed E-state index contributed by atoms with van der Waals surface area (Å²) in [6, 6.07) is 0.621. The van der Waals surface area contributed by atoms with Gasteiger partial charge in [0.2, 0.25) is 0 Å². The molecule has 0 heterocycles. The van der Waals surface area contributed by atoms with Crippen LogP contribution in [0.15, 0.2) is 12.7 Å². The van der Waals surface area contributed by atoms with Crippen molar-refractivity contribution in [2.24, 2.45) is 0 Å². The topological polar surface area (TPSA) is 0 Å². The summed E-state index contributed by atoms with van der Waals surface area (Å²) in [5, 5.41) is 0. The molecule has 104 valence electrons. The minimum absolute atomic E-state index is 0. The lowest BCUT2D eigenvalue weighted by Crippen LogP contribution is -3.00. The maximum Gasteiger partial charge on any atom is 0.107 e. The molecular weight excluding hydrogens is 230 g/mol. The average Bonchev–Trinajstić information content (AvgIpc) is 2.20. The predicted molar refractivity (Wildman–Crippen MR) is 74.6 cm³/mol. The van der Waals surface area contributed by atoms with Crippen molar-refractivity contribution < 1.29 is 16.9 Å². The SMILES string of the molecule is C=CC(CCCCCCCCC)[N+](C)(C)C.[Cl-]. The van der Waals surface area contributed by atoms with Crippen molar-refractivity contribution in [3.63, 3.8) is 0 Å². The highest BCUT2D eigenvalue weighted by Crippen LogP contribution is 2.15. The van der Waals surface area contributed by atoms with E-state index >= 15 is 0 Å². The number of quaternary nitrogens is 1. The molecule has 17 heavy (non-hydrogen) atoms. The summed E-state index contributed by atoms with van der Waals surface area (Å²) in [7, 11) is 6.77. The van der Waals surface area contributed by atoms with Gasteiger partial charge in [0.05, 0.1) is 21.1 Å². The summed E-state index contributed by atoms with van der Waals surface area (Å²) in [5.41, 5.74) is 0. The summed E-state index contributed by atoms with van der Waals surface area (Å²) < 4.78 is 1.01. The number of halogens is 1. The second kappa shape index (κ2) is 11.1. The van der Waals surface area contributed by atoms with E-state index in [1.54, 1.807) is 0 Å². The third-order valence-electron chi connectivity index (χ3n) is 3.37. The smallest absolute Gasteiger partial charge is 0.107 e. The quantitative estimate of drug-likeness (QED) is 0.317. The molecule has 2 heteroatoms. The minimum atomic E-state index is 0. The van der Waals surface area contributed by atoms with Gasteiger partial charge < -0.3 is 16.9 Å². The van der Waals surface area contributed by atoms with Gasteiger partial charge in [-0.05, 0) is 12.5 Å². The van der Waals surface area contributed by atoms with Crippen LogP contribution in [0.2, 0.25) is 0 Å². The van der Waals surface area contributed by atoms with Crippen molar-refractivity contribution in [3.8, 4) is 0 Å². The number of likely N-dealkylation sites (N-methyl/N-ethyl adjacent to an activating group) is 1. The zero-order valence-corrected chi connectivity index (χ0v) is 13.1. The van der Waals surface area contributed by atoms with E-state index in [1.165, 1.54) is 51.4 Å². The lowest BCUT2D eigenvalue weighted by Gasteiger charge is -2.32. The van der Waals surface area contributed by atoms with Crippen molar-refractivity contribution in [3.05, 3.63) is 12.7 Å². The first-order valence-electron chi connectivity index (χ1n) is 6.96. The molecule has 0 aromatic rings. The van der Waals surface area contributed by atoms with Gasteiger partial charge in [-0.3, -0.25) is 0 Å². The zero-order valence-electron chi connectivity index (χ0n) is 12.3. The van der Waals surface area contributed by atoms with Gasteiger partial charge in [0.15, 0.2) is 0 Å². The van der Waals surface area contributed by atoms with Gasteiger partial charge in [-0.1, -0.05) is 52.0 Å². The molecule has 0 radical (unpaired) electrons. The Morgan fingerprint density at radius 2 is 1.41 bits per heavy atom. The lowest BCUT2D eigenvalue weighted by atomic mass is 10.0. The zero-order chi connectivity index (χ0) is 12.4. The number of rotatable bonds is 10. The first kappa shape index (κ1) is 19.3. The summed E-state index contributed by atoms with van der Waals surface area (Å²) >= 11 is 0. The first-order chi connectivity index (χ1) is 7.52. The van der Waals surface area contributed by atoms with Gasteiger partial charge in [-0.2, -0.15) is 0 Å². The molecule has 0 aliphatic carbocycles. The molecule has 0 aliphatic rings. The number of nitrogens with zero attached hydrogens (tertiary/aromatic N) is 1. The lowest BCUT2D eigenvalue weighted by molar-refractivity contribution is -0.889. The molecule has 1 nitrogen and oxygen atoms in total. The summed E-state index contributed by atoms with van der Waals surface area (Å²) in [6.45, 7) is 6.22. The van der Waals surface area contributed by atoms with E-state index in [9.17, 15) is 0 Å². The van der Waals surface area contributed by atoms with Crippen molar-refractivity contribution in [2.75, 3.05) is 21.1 Å². The summed E-state index contributed by atoms with van der Waals surface area (Å²) in [5.74, 6) is 0.